The van der Waals surface area contributed by atoms with Gasteiger partial charge in [0.2, 0.25) is 6.79 Å². The highest BCUT2D eigenvalue weighted by atomic mass is 32.1. The predicted molar refractivity (Wildman–Crippen MR) is 77.7 cm³/mol. The van der Waals surface area contributed by atoms with Crippen LogP contribution in [0, 0.1) is 4.77 Å². The molecule has 1 aliphatic heterocycles. The maximum absolute atomic E-state index is 5.42. The second-order valence-corrected chi connectivity index (χ2v) is 4.30. The van der Waals surface area contributed by atoms with Gasteiger partial charge in [-0.25, -0.2) is 0 Å². The Kier molecular flexibility index (Phi) is 4.27. The summed E-state index contributed by atoms with van der Waals surface area (Å²) < 4.78 is 13.4. The van der Waals surface area contributed by atoms with Crippen LogP contribution in [0.1, 0.15) is 26.0 Å². The van der Waals surface area contributed by atoms with E-state index in [0.29, 0.717) is 11.6 Å². The van der Waals surface area contributed by atoms with Crippen molar-refractivity contribution in [2.75, 3.05) is 6.79 Å². The molecule has 4 nitrogen and oxygen atoms in total. The van der Waals surface area contributed by atoms with Crippen LogP contribution in [0.3, 0.4) is 0 Å². The topological polar surface area (TPSA) is 39.2 Å². The summed E-state index contributed by atoms with van der Waals surface area (Å²) >= 11 is 5.16. The number of nitrogens with one attached hydrogen (secondary N) is 1. The Morgan fingerprint density at radius 2 is 1.95 bits per heavy atom. The largest absolute Gasteiger partial charge is 0.454 e. The standard InChI is InChI=1S/C12H12N2O2S.C2H6/c1-14-9(6-13-12(14)17)8-3-2-4-10-11(5-8)16-7-15-10;1-2/h3-6H,2,7H2,1H3,(H,13,17);1-2H3. The van der Waals surface area contributed by atoms with Gasteiger partial charge in [0, 0.05) is 13.2 Å². The first kappa shape index (κ1) is 13.7. The zero-order valence-electron chi connectivity index (χ0n) is 11.4. The number of H-pyrrole nitrogens is 1. The first-order valence-corrected chi connectivity index (χ1v) is 6.79. The molecule has 0 unspecified atom stereocenters. The van der Waals surface area contributed by atoms with Crippen LogP contribution in [0.15, 0.2) is 35.9 Å². The van der Waals surface area contributed by atoms with Crippen molar-refractivity contribution < 1.29 is 9.47 Å². The Morgan fingerprint density at radius 1 is 1.21 bits per heavy atom. The minimum atomic E-state index is 0.302. The number of hydrogen-bond donors (Lipinski definition) is 1. The van der Waals surface area contributed by atoms with Crippen LogP contribution in [0.2, 0.25) is 0 Å². The van der Waals surface area contributed by atoms with Crippen LogP contribution in [0.4, 0.5) is 0 Å². The minimum Gasteiger partial charge on any atom is -0.454 e. The number of ether oxygens (including phenoxy) is 2. The van der Waals surface area contributed by atoms with E-state index < -0.39 is 0 Å². The van der Waals surface area contributed by atoms with Gasteiger partial charge < -0.3 is 19.0 Å². The highest BCUT2D eigenvalue weighted by Gasteiger charge is 2.19. The van der Waals surface area contributed by atoms with E-state index in [1.54, 1.807) is 0 Å². The van der Waals surface area contributed by atoms with E-state index in [-0.39, 0.29) is 0 Å². The third kappa shape index (κ3) is 2.66. The number of fused-ring (bicyclic) bond motifs is 1. The monoisotopic (exact) mass is 278 g/mol. The highest BCUT2D eigenvalue weighted by Crippen LogP contribution is 2.29. The van der Waals surface area contributed by atoms with Crippen molar-refractivity contribution in [1.29, 1.82) is 0 Å². The van der Waals surface area contributed by atoms with Crippen LogP contribution >= 0.6 is 12.2 Å². The molecule has 0 atom stereocenters. The van der Waals surface area contributed by atoms with Gasteiger partial charge in [0.05, 0.1) is 5.69 Å². The Labute approximate surface area is 118 Å². The van der Waals surface area contributed by atoms with Gasteiger partial charge in [-0.2, -0.15) is 0 Å². The van der Waals surface area contributed by atoms with Gasteiger partial charge in [-0.3, -0.25) is 0 Å². The highest BCUT2D eigenvalue weighted by molar-refractivity contribution is 7.71. The van der Waals surface area contributed by atoms with Crippen LogP contribution < -0.4 is 0 Å². The van der Waals surface area contributed by atoms with Crippen molar-refractivity contribution in [3.05, 3.63) is 46.4 Å². The lowest BCUT2D eigenvalue weighted by molar-refractivity contribution is 0.0975. The summed E-state index contributed by atoms with van der Waals surface area (Å²) in [7, 11) is 1.94. The molecule has 1 saturated heterocycles. The molecule has 1 aliphatic carbocycles. The van der Waals surface area contributed by atoms with E-state index in [1.807, 2.05) is 43.8 Å². The lowest BCUT2D eigenvalue weighted by Gasteiger charge is -2.03. The van der Waals surface area contributed by atoms with E-state index >= 15 is 0 Å². The molecule has 0 aromatic carbocycles. The van der Waals surface area contributed by atoms with E-state index in [4.69, 9.17) is 21.7 Å². The first-order valence-electron chi connectivity index (χ1n) is 6.38. The molecule has 0 saturated carbocycles. The third-order valence-corrected chi connectivity index (χ3v) is 3.29. The molecule has 1 aromatic heterocycles. The summed E-state index contributed by atoms with van der Waals surface area (Å²) in [5.41, 5.74) is 2.14. The van der Waals surface area contributed by atoms with E-state index in [9.17, 15) is 0 Å². The molecule has 3 rings (SSSR count). The average Bonchev–Trinajstić information content (AvgIpc) is 2.94. The number of nitrogens with zero attached hydrogens (tertiary/aromatic N) is 1. The van der Waals surface area contributed by atoms with E-state index in [0.717, 1.165) is 29.2 Å². The maximum atomic E-state index is 5.42. The van der Waals surface area contributed by atoms with Crippen LogP contribution in [-0.4, -0.2) is 16.3 Å². The zero-order valence-corrected chi connectivity index (χ0v) is 12.2. The van der Waals surface area contributed by atoms with Crippen LogP contribution in [0.5, 0.6) is 0 Å². The van der Waals surface area contributed by atoms with Crippen molar-refractivity contribution in [1.82, 2.24) is 9.55 Å². The SMILES string of the molecule is CC.Cn1c(C2=CCC=C3OCOC3=C2)c[nH]c1=S. The summed E-state index contributed by atoms with van der Waals surface area (Å²) in [6, 6.07) is 0. The third-order valence-electron chi connectivity index (χ3n) is 2.89. The van der Waals surface area contributed by atoms with Crippen molar-refractivity contribution in [2.45, 2.75) is 20.3 Å². The average molecular weight is 278 g/mol. The number of hydrogen-bond acceptors (Lipinski definition) is 3. The number of aromatic amines is 1. The van der Waals surface area contributed by atoms with Gasteiger partial charge in [-0.1, -0.05) is 19.9 Å². The van der Waals surface area contributed by atoms with Gasteiger partial charge in [0.15, 0.2) is 16.3 Å². The van der Waals surface area contributed by atoms with E-state index in [2.05, 4.69) is 11.1 Å². The second-order valence-electron chi connectivity index (χ2n) is 3.92. The molecule has 1 fully saturated rings. The quantitative estimate of drug-likeness (QED) is 0.797. The minimum absolute atomic E-state index is 0.302. The molecule has 2 heterocycles. The molecule has 0 amide bonds. The molecule has 1 aromatic rings. The van der Waals surface area contributed by atoms with Gasteiger partial charge >= 0.3 is 0 Å². The summed E-state index contributed by atoms with van der Waals surface area (Å²) in [5.74, 6) is 1.62. The second kappa shape index (κ2) is 5.93. The van der Waals surface area contributed by atoms with Crippen molar-refractivity contribution in [3.8, 4) is 0 Å². The molecule has 1 N–H and O–H groups in total. The number of rotatable bonds is 1. The van der Waals surface area contributed by atoms with Crippen LogP contribution in [-0.2, 0) is 16.5 Å². The molecular formula is C14H18N2O2S. The van der Waals surface area contributed by atoms with Crippen LogP contribution in [0.25, 0.3) is 5.57 Å². The molecule has 0 bridgehead atoms. The van der Waals surface area contributed by atoms with Gasteiger partial charge in [-0.15, -0.1) is 0 Å². The Morgan fingerprint density at radius 3 is 2.63 bits per heavy atom. The van der Waals surface area contributed by atoms with Crippen molar-refractivity contribution >= 4 is 17.8 Å². The molecule has 102 valence electrons. The lowest BCUT2D eigenvalue weighted by atomic mass is 10.1. The predicted octanol–water partition coefficient (Wildman–Crippen LogP) is 3.67. The fourth-order valence-electron chi connectivity index (χ4n) is 1.95. The summed E-state index contributed by atoms with van der Waals surface area (Å²) in [4.78, 5) is 3.03. The van der Waals surface area contributed by atoms with Crippen molar-refractivity contribution in [3.63, 3.8) is 0 Å². The summed E-state index contributed by atoms with van der Waals surface area (Å²) in [6.45, 7) is 4.30. The number of aromatic nitrogens is 2. The summed E-state index contributed by atoms with van der Waals surface area (Å²) in [6.07, 6.45) is 8.87. The fourth-order valence-corrected chi connectivity index (χ4v) is 2.11. The first-order chi connectivity index (χ1) is 9.25. The molecule has 0 radical (unpaired) electrons. The Hall–Kier alpha value is -1.75. The number of imidazole rings is 1. The Balaban J connectivity index is 0.000000637. The molecule has 19 heavy (non-hydrogen) atoms. The lowest BCUT2D eigenvalue weighted by Crippen LogP contribution is -1.95. The normalized spacial score (nSPS) is 16.7. The molecule has 2 aliphatic rings. The number of allylic oxidation sites excluding steroid dienone is 4. The smallest absolute Gasteiger partial charge is 0.231 e. The molecular weight excluding hydrogens is 260 g/mol. The molecule has 0 spiro atoms. The summed E-state index contributed by atoms with van der Waals surface area (Å²) in [5, 5.41) is 0. The van der Waals surface area contributed by atoms with Gasteiger partial charge in [-0.05, 0) is 36.4 Å². The fraction of sp³-hybridized carbons (Fsp3) is 0.357. The van der Waals surface area contributed by atoms with Gasteiger partial charge in [0.1, 0.15) is 0 Å². The van der Waals surface area contributed by atoms with E-state index in [1.165, 1.54) is 0 Å². The van der Waals surface area contributed by atoms with Gasteiger partial charge in [0.25, 0.3) is 0 Å². The maximum Gasteiger partial charge on any atom is 0.231 e. The molecule has 5 heteroatoms. The zero-order chi connectivity index (χ0) is 13.8. The Bertz CT molecular complexity index is 605. The van der Waals surface area contributed by atoms with Crippen molar-refractivity contribution in [2.24, 2.45) is 7.05 Å².